The van der Waals surface area contributed by atoms with E-state index in [1.54, 1.807) is 0 Å². The minimum atomic E-state index is 0.210. The monoisotopic (exact) mass is 254 g/mol. The summed E-state index contributed by atoms with van der Waals surface area (Å²) in [5.41, 5.74) is 2.22. The van der Waals surface area contributed by atoms with Crippen molar-refractivity contribution in [1.82, 2.24) is 9.78 Å². The van der Waals surface area contributed by atoms with E-state index >= 15 is 0 Å². The van der Waals surface area contributed by atoms with Crippen LogP contribution in [0.5, 0.6) is 0 Å². The molecule has 3 heteroatoms. The summed E-state index contributed by atoms with van der Waals surface area (Å²) in [5.74, 6) is 0.640. The number of hydrogen-bond donors (Lipinski definition) is 0. The zero-order valence-electron chi connectivity index (χ0n) is 11.0. The number of rotatable bonds is 3. The van der Waals surface area contributed by atoms with Gasteiger partial charge in [-0.3, -0.25) is 4.79 Å². The van der Waals surface area contributed by atoms with Gasteiger partial charge in [-0.25, -0.2) is 4.68 Å². The Kier molecular flexibility index (Phi) is 3.45. The Labute approximate surface area is 113 Å². The van der Waals surface area contributed by atoms with Gasteiger partial charge in [-0.05, 0) is 37.0 Å². The quantitative estimate of drug-likeness (QED) is 0.843. The molecule has 1 saturated carbocycles. The largest absolute Gasteiger partial charge is 0.299 e. The number of aromatic nitrogens is 2. The zero-order chi connectivity index (χ0) is 13.1. The maximum absolute atomic E-state index is 11.8. The lowest BCUT2D eigenvalue weighted by molar-refractivity contribution is -0.124. The van der Waals surface area contributed by atoms with Crippen LogP contribution in [-0.4, -0.2) is 15.6 Å². The molecule has 3 nitrogen and oxygen atoms in total. The highest BCUT2D eigenvalue weighted by Crippen LogP contribution is 2.24. The average Bonchev–Trinajstić information content (AvgIpc) is 2.91. The molecular formula is C16H18N2O. The molecule has 1 aromatic heterocycles. The van der Waals surface area contributed by atoms with Crippen molar-refractivity contribution in [3.63, 3.8) is 0 Å². The van der Waals surface area contributed by atoms with Crippen molar-refractivity contribution in [2.45, 2.75) is 32.1 Å². The van der Waals surface area contributed by atoms with E-state index in [0.29, 0.717) is 5.78 Å². The predicted octanol–water partition coefficient (Wildman–Crippen LogP) is 3.17. The van der Waals surface area contributed by atoms with Crippen LogP contribution in [-0.2, 0) is 11.2 Å². The van der Waals surface area contributed by atoms with Gasteiger partial charge in [-0.15, -0.1) is 0 Å². The number of nitrogens with zero attached hydrogens (tertiary/aromatic N) is 2. The molecule has 1 aliphatic rings. The van der Waals surface area contributed by atoms with Crippen LogP contribution >= 0.6 is 0 Å². The van der Waals surface area contributed by atoms with E-state index in [1.807, 2.05) is 47.4 Å². The van der Waals surface area contributed by atoms with Crippen LogP contribution in [0, 0.1) is 5.92 Å². The fourth-order valence-corrected chi connectivity index (χ4v) is 2.74. The normalized spacial score (nSPS) is 19.6. The van der Waals surface area contributed by atoms with E-state index in [2.05, 4.69) is 5.10 Å². The second-order valence-corrected chi connectivity index (χ2v) is 5.24. The van der Waals surface area contributed by atoms with Gasteiger partial charge in [-0.2, -0.15) is 5.10 Å². The Balaban J connectivity index is 1.73. The summed E-state index contributed by atoms with van der Waals surface area (Å²) < 4.78 is 1.88. The summed E-state index contributed by atoms with van der Waals surface area (Å²) in [7, 11) is 0. The van der Waals surface area contributed by atoms with Crippen molar-refractivity contribution in [3.05, 3.63) is 48.3 Å². The predicted molar refractivity (Wildman–Crippen MR) is 74.2 cm³/mol. The molecule has 98 valence electrons. The van der Waals surface area contributed by atoms with Crippen molar-refractivity contribution >= 4 is 5.78 Å². The molecule has 1 atom stereocenters. The van der Waals surface area contributed by atoms with Crippen LogP contribution in [0.1, 0.15) is 31.2 Å². The van der Waals surface area contributed by atoms with Crippen LogP contribution in [0.2, 0.25) is 0 Å². The Hall–Kier alpha value is -1.90. The van der Waals surface area contributed by atoms with Gasteiger partial charge in [0, 0.05) is 18.5 Å². The molecule has 19 heavy (non-hydrogen) atoms. The molecule has 1 heterocycles. The fourth-order valence-electron chi connectivity index (χ4n) is 2.74. The molecule has 0 amide bonds. The van der Waals surface area contributed by atoms with Gasteiger partial charge >= 0.3 is 0 Å². The van der Waals surface area contributed by atoms with E-state index in [1.165, 1.54) is 6.42 Å². The maximum atomic E-state index is 11.8. The van der Waals surface area contributed by atoms with E-state index in [-0.39, 0.29) is 5.92 Å². The molecule has 3 rings (SSSR count). The Morgan fingerprint density at radius 3 is 2.84 bits per heavy atom. The Morgan fingerprint density at radius 1 is 1.21 bits per heavy atom. The molecule has 0 N–H and O–H groups in total. The first-order valence-electron chi connectivity index (χ1n) is 6.94. The van der Waals surface area contributed by atoms with Crippen LogP contribution in [0.15, 0.2) is 42.7 Å². The first-order valence-corrected chi connectivity index (χ1v) is 6.94. The number of Topliss-reactive ketones (excluding diaryl/α,β-unsaturated/α-hetero) is 1. The SMILES string of the molecule is O=C1CCCCC1Cc1cnn(-c2ccccc2)c1. The molecular weight excluding hydrogens is 236 g/mol. The van der Waals surface area contributed by atoms with Crippen molar-refractivity contribution in [2.75, 3.05) is 0 Å². The van der Waals surface area contributed by atoms with Crippen LogP contribution < -0.4 is 0 Å². The molecule has 0 bridgehead atoms. The first kappa shape index (κ1) is 12.2. The van der Waals surface area contributed by atoms with Gasteiger partial charge in [0.2, 0.25) is 0 Å². The molecule has 1 aromatic carbocycles. The van der Waals surface area contributed by atoms with Gasteiger partial charge in [0.05, 0.1) is 11.9 Å². The number of carbonyl (C=O) groups excluding carboxylic acids is 1. The van der Waals surface area contributed by atoms with Crippen LogP contribution in [0.4, 0.5) is 0 Å². The molecule has 2 aromatic rings. The number of carbonyl (C=O) groups is 1. The smallest absolute Gasteiger partial charge is 0.136 e. The third-order valence-corrected chi connectivity index (χ3v) is 3.82. The van der Waals surface area contributed by atoms with Gasteiger partial charge in [0.15, 0.2) is 0 Å². The van der Waals surface area contributed by atoms with Crippen LogP contribution in [0.3, 0.4) is 0 Å². The second kappa shape index (κ2) is 5.39. The van der Waals surface area contributed by atoms with E-state index < -0.39 is 0 Å². The highest BCUT2D eigenvalue weighted by Gasteiger charge is 2.22. The maximum Gasteiger partial charge on any atom is 0.136 e. The lowest BCUT2D eigenvalue weighted by Crippen LogP contribution is -2.20. The summed E-state index contributed by atoms with van der Waals surface area (Å²) >= 11 is 0. The minimum absolute atomic E-state index is 0.210. The number of hydrogen-bond acceptors (Lipinski definition) is 2. The number of benzene rings is 1. The van der Waals surface area contributed by atoms with E-state index in [0.717, 1.165) is 36.9 Å². The minimum Gasteiger partial charge on any atom is -0.299 e. The number of para-hydroxylation sites is 1. The lowest BCUT2D eigenvalue weighted by atomic mass is 9.84. The van der Waals surface area contributed by atoms with Crippen molar-refractivity contribution in [3.8, 4) is 5.69 Å². The lowest BCUT2D eigenvalue weighted by Gasteiger charge is -2.19. The zero-order valence-corrected chi connectivity index (χ0v) is 11.0. The Morgan fingerprint density at radius 2 is 2.05 bits per heavy atom. The van der Waals surface area contributed by atoms with Crippen molar-refractivity contribution in [2.24, 2.45) is 5.92 Å². The summed E-state index contributed by atoms with van der Waals surface area (Å²) in [6.45, 7) is 0. The van der Waals surface area contributed by atoms with Gasteiger partial charge in [-0.1, -0.05) is 24.6 Å². The summed E-state index contributed by atoms with van der Waals surface area (Å²) in [6.07, 6.45) is 8.81. The van der Waals surface area contributed by atoms with Gasteiger partial charge in [0.25, 0.3) is 0 Å². The van der Waals surface area contributed by atoms with E-state index in [9.17, 15) is 4.79 Å². The summed E-state index contributed by atoms with van der Waals surface area (Å²) in [5, 5.41) is 4.38. The second-order valence-electron chi connectivity index (χ2n) is 5.24. The summed E-state index contributed by atoms with van der Waals surface area (Å²) in [6, 6.07) is 10.1. The van der Waals surface area contributed by atoms with Gasteiger partial charge in [0.1, 0.15) is 5.78 Å². The highest BCUT2D eigenvalue weighted by atomic mass is 16.1. The fraction of sp³-hybridized carbons (Fsp3) is 0.375. The van der Waals surface area contributed by atoms with Gasteiger partial charge < -0.3 is 0 Å². The molecule has 1 unspecified atom stereocenters. The van der Waals surface area contributed by atoms with Crippen molar-refractivity contribution < 1.29 is 4.79 Å². The number of ketones is 1. The molecule has 0 aliphatic heterocycles. The Bertz CT molecular complexity index is 559. The third kappa shape index (κ3) is 2.75. The third-order valence-electron chi connectivity index (χ3n) is 3.82. The average molecular weight is 254 g/mol. The highest BCUT2D eigenvalue weighted by molar-refractivity contribution is 5.81. The van der Waals surface area contributed by atoms with E-state index in [4.69, 9.17) is 0 Å². The molecule has 0 saturated heterocycles. The molecule has 0 radical (unpaired) electrons. The standard InChI is InChI=1S/C16H18N2O/c19-16-9-5-4-6-14(16)10-13-11-17-18(12-13)15-7-2-1-3-8-15/h1-3,7-8,11-12,14H,4-6,9-10H2. The summed E-state index contributed by atoms with van der Waals surface area (Å²) in [4.78, 5) is 11.8. The molecule has 1 aliphatic carbocycles. The topological polar surface area (TPSA) is 34.9 Å². The molecule has 1 fully saturated rings. The molecule has 0 spiro atoms. The first-order chi connectivity index (χ1) is 9.33. The van der Waals surface area contributed by atoms with Crippen LogP contribution in [0.25, 0.3) is 5.69 Å². The van der Waals surface area contributed by atoms with Crippen molar-refractivity contribution in [1.29, 1.82) is 0 Å².